The van der Waals surface area contributed by atoms with Gasteiger partial charge >= 0.3 is 6.09 Å². The summed E-state index contributed by atoms with van der Waals surface area (Å²) in [5.41, 5.74) is 1.12. The van der Waals surface area contributed by atoms with E-state index in [1.165, 1.54) is 0 Å². The van der Waals surface area contributed by atoms with Crippen molar-refractivity contribution in [1.82, 2.24) is 15.1 Å². The van der Waals surface area contributed by atoms with Gasteiger partial charge in [0, 0.05) is 59.9 Å². The van der Waals surface area contributed by atoms with E-state index in [1.54, 1.807) is 19.1 Å². The summed E-state index contributed by atoms with van der Waals surface area (Å²) in [6.07, 6.45) is 0.621. The molecule has 28 heavy (non-hydrogen) atoms. The Hall–Kier alpha value is -2.48. The highest BCUT2D eigenvalue weighted by Gasteiger charge is 2.23. The molecular formula is C20H32N4O4. The molecule has 1 N–H and O–H groups in total. The molecule has 1 aromatic rings. The number of ether oxygens (including phenoxy) is 3. The second kappa shape index (κ2) is 12.1. The molecule has 1 aliphatic heterocycles. The highest BCUT2D eigenvalue weighted by molar-refractivity contribution is 5.80. The number of nitrogens with zero attached hydrogens (tertiary/aromatic N) is 3. The third-order valence-electron chi connectivity index (χ3n) is 4.43. The largest absolute Gasteiger partial charge is 0.493 e. The molecule has 0 spiro atoms. The Morgan fingerprint density at radius 2 is 1.93 bits per heavy atom. The minimum Gasteiger partial charge on any atom is -0.493 e. The van der Waals surface area contributed by atoms with E-state index in [4.69, 9.17) is 14.2 Å². The van der Waals surface area contributed by atoms with Gasteiger partial charge < -0.3 is 29.3 Å². The number of rotatable bonds is 8. The standard InChI is InChI=1S/C20H32N4O4/c1-4-27-20(25)24-11-9-23(10-12-24)19(21-2)22-16-17-7-5-8-18(15-17)28-14-6-13-26-3/h5,7-8,15H,4,6,9-14,16H2,1-3H3,(H,21,22). The number of hydrogen-bond donors (Lipinski definition) is 1. The number of aliphatic imine (C=N–C) groups is 1. The molecule has 0 aliphatic carbocycles. The van der Waals surface area contributed by atoms with Crippen LogP contribution in [-0.4, -0.2) is 82.0 Å². The van der Waals surface area contributed by atoms with Gasteiger partial charge in [-0.05, 0) is 24.6 Å². The van der Waals surface area contributed by atoms with Gasteiger partial charge in [-0.1, -0.05) is 12.1 Å². The van der Waals surface area contributed by atoms with Crippen LogP contribution in [0.5, 0.6) is 5.75 Å². The van der Waals surface area contributed by atoms with Gasteiger partial charge in [0.15, 0.2) is 5.96 Å². The number of piperazine rings is 1. The van der Waals surface area contributed by atoms with Crippen LogP contribution in [0.25, 0.3) is 0 Å². The molecule has 1 aliphatic rings. The summed E-state index contributed by atoms with van der Waals surface area (Å²) in [5.74, 6) is 1.68. The molecule has 0 bridgehead atoms. The van der Waals surface area contributed by atoms with Crippen LogP contribution in [0.1, 0.15) is 18.9 Å². The van der Waals surface area contributed by atoms with Crippen LogP contribution in [0.4, 0.5) is 4.79 Å². The molecule has 156 valence electrons. The average Bonchev–Trinajstić information content (AvgIpc) is 2.73. The number of nitrogens with one attached hydrogen (secondary N) is 1. The van der Waals surface area contributed by atoms with E-state index in [-0.39, 0.29) is 6.09 Å². The van der Waals surface area contributed by atoms with Gasteiger partial charge in [0.2, 0.25) is 0 Å². The van der Waals surface area contributed by atoms with Crippen molar-refractivity contribution in [2.45, 2.75) is 19.9 Å². The summed E-state index contributed by atoms with van der Waals surface area (Å²) in [5, 5.41) is 3.39. The third-order valence-corrected chi connectivity index (χ3v) is 4.43. The maximum atomic E-state index is 11.8. The van der Waals surface area contributed by atoms with E-state index in [0.717, 1.165) is 36.8 Å². The zero-order valence-corrected chi connectivity index (χ0v) is 17.1. The fraction of sp³-hybridized carbons (Fsp3) is 0.600. The summed E-state index contributed by atoms with van der Waals surface area (Å²) in [7, 11) is 3.46. The third kappa shape index (κ3) is 6.92. The van der Waals surface area contributed by atoms with E-state index in [2.05, 4.69) is 21.3 Å². The molecule has 1 fully saturated rings. The maximum Gasteiger partial charge on any atom is 0.409 e. The molecule has 1 amide bonds. The Morgan fingerprint density at radius 1 is 1.18 bits per heavy atom. The first-order chi connectivity index (χ1) is 13.7. The second-order valence-electron chi connectivity index (χ2n) is 6.42. The number of carbonyl (C=O) groups excluding carboxylic acids is 1. The van der Waals surface area contributed by atoms with E-state index in [9.17, 15) is 4.79 Å². The Labute approximate surface area is 167 Å². The van der Waals surface area contributed by atoms with Gasteiger partial charge in [0.1, 0.15) is 5.75 Å². The molecule has 1 heterocycles. The molecule has 1 saturated heterocycles. The molecule has 0 unspecified atom stereocenters. The van der Waals surface area contributed by atoms with Crippen LogP contribution in [0, 0.1) is 0 Å². The zero-order chi connectivity index (χ0) is 20.2. The lowest BCUT2D eigenvalue weighted by molar-refractivity contribution is 0.0914. The molecule has 0 radical (unpaired) electrons. The van der Waals surface area contributed by atoms with Crippen LogP contribution in [0.15, 0.2) is 29.3 Å². The van der Waals surface area contributed by atoms with Crippen molar-refractivity contribution in [2.24, 2.45) is 4.99 Å². The number of benzene rings is 1. The van der Waals surface area contributed by atoms with Gasteiger partial charge in [0.25, 0.3) is 0 Å². The second-order valence-corrected chi connectivity index (χ2v) is 6.42. The number of carbonyl (C=O) groups is 1. The molecule has 1 aromatic carbocycles. The summed E-state index contributed by atoms with van der Waals surface area (Å²) in [6, 6.07) is 8.04. The highest BCUT2D eigenvalue weighted by atomic mass is 16.6. The number of hydrogen-bond acceptors (Lipinski definition) is 5. The minimum absolute atomic E-state index is 0.243. The van der Waals surface area contributed by atoms with Crippen LogP contribution in [-0.2, 0) is 16.0 Å². The molecule has 8 heteroatoms. The first kappa shape index (κ1) is 21.8. The zero-order valence-electron chi connectivity index (χ0n) is 17.1. The predicted octanol–water partition coefficient (Wildman–Crippen LogP) is 1.95. The van der Waals surface area contributed by atoms with Gasteiger partial charge in [-0.15, -0.1) is 0 Å². The molecule has 0 atom stereocenters. The van der Waals surface area contributed by atoms with Crippen LogP contribution in [0.2, 0.25) is 0 Å². The smallest absolute Gasteiger partial charge is 0.409 e. The number of guanidine groups is 1. The first-order valence-electron chi connectivity index (χ1n) is 9.76. The lowest BCUT2D eigenvalue weighted by atomic mass is 10.2. The van der Waals surface area contributed by atoms with Crippen molar-refractivity contribution < 1.29 is 19.0 Å². The Kier molecular flexibility index (Phi) is 9.41. The fourth-order valence-corrected chi connectivity index (χ4v) is 2.97. The SMILES string of the molecule is CCOC(=O)N1CCN(C(=NC)NCc2cccc(OCCCOC)c2)CC1. The highest BCUT2D eigenvalue weighted by Crippen LogP contribution is 2.14. The molecule has 0 saturated carbocycles. The monoisotopic (exact) mass is 392 g/mol. The molecule has 2 rings (SSSR count). The van der Waals surface area contributed by atoms with Crippen LogP contribution < -0.4 is 10.1 Å². The van der Waals surface area contributed by atoms with E-state index in [1.807, 2.05) is 25.1 Å². The van der Waals surface area contributed by atoms with Crippen molar-refractivity contribution in [2.75, 3.05) is 60.2 Å². The van der Waals surface area contributed by atoms with Crippen molar-refractivity contribution in [1.29, 1.82) is 0 Å². The topological polar surface area (TPSA) is 75.6 Å². The Bertz CT molecular complexity index is 630. The molecular weight excluding hydrogens is 360 g/mol. The maximum absolute atomic E-state index is 11.8. The lowest BCUT2D eigenvalue weighted by Gasteiger charge is -2.35. The number of methoxy groups -OCH3 is 1. The first-order valence-corrected chi connectivity index (χ1v) is 9.76. The van der Waals surface area contributed by atoms with Gasteiger partial charge in [0.05, 0.1) is 13.2 Å². The molecule has 0 aromatic heterocycles. The van der Waals surface area contributed by atoms with Crippen LogP contribution >= 0.6 is 0 Å². The summed E-state index contributed by atoms with van der Waals surface area (Å²) in [4.78, 5) is 20.1. The predicted molar refractivity (Wildman–Crippen MR) is 109 cm³/mol. The average molecular weight is 393 g/mol. The van der Waals surface area contributed by atoms with Crippen molar-refractivity contribution >= 4 is 12.1 Å². The fourth-order valence-electron chi connectivity index (χ4n) is 2.97. The van der Waals surface area contributed by atoms with Gasteiger partial charge in [-0.25, -0.2) is 4.79 Å². The van der Waals surface area contributed by atoms with Crippen molar-refractivity contribution in [3.63, 3.8) is 0 Å². The normalized spacial score (nSPS) is 14.8. The van der Waals surface area contributed by atoms with E-state index in [0.29, 0.717) is 39.5 Å². The summed E-state index contributed by atoms with van der Waals surface area (Å²) >= 11 is 0. The van der Waals surface area contributed by atoms with Crippen LogP contribution in [0.3, 0.4) is 0 Å². The van der Waals surface area contributed by atoms with Crippen molar-refractivity contribution in [3.8, 4) is 5.75 Å². The number of amides is 1. The Morgan fingerprint density at radius 3 is 2.61 bits per heavy atom. The quantitative estimate of drug-likeness (QED) is 0.414. The summed E-state index contributed by atoms with van der Waals surface area (Å²) in [6.45, 7) is 6.91. The minimum atomic E-state index is -0.243. The van der Waals surface area contributed by atoms with E-state index >= 15 is 0 Å². The lowest BCUT2D eigenvalue weighted by Crippen LogP contribution is -2.53. The van der Waals surface area contributed by atoms with Gasteiger partial charge in [-0.2, -0.15) is 0 Å². The molecule has 8 nitrogen and oxygen atoms in total. The van der Waals surface area contributed by atoms with Gasteiger partial charge in [-0.3, -0.25) is 4.99 Å². The summed E-state index contributed by atoms with van der Waals surface area (Å²) < 4.78 is 15.9. The van der Waals surface area contributed by atoms with E-state index < -0.39 is 0 Å². The Balaban J connectivity index is 1.80. The van der Waals surface area contributed by atoms with Crippen molar-refractivity contribution in [3.05, 3.63) is 29.8 Å².